The van der Waals surface area contributed by atoms with Gasteiger partial charge in [-0.1, -0.05) is 17.7 Å². The van der Waals surface area contributed by atoms with E-state index >= 15 is 0 Å². The Morgan fingerprint density at radius 2 is 1.93 bits per heavy atom. The van der Waals surface area contributed by atoms with Crippen molar-refractivity contribution in [3.05, 3.63) is 75.6 Å². The Hall–Kier alpha value is -2.94. The molecule has 3 heterocycles. The first-order valence-corrected chi connectivity index (χ1v) is 9.20. The number of nitrogens with zero attached hydrogens (tertiary/aromatic N) is 5. The van der Waals surface area contributed by atoms with Crippen molar-refractivity contribution in [2.75, 3.05) is 4.90 Å². The van der Waals surface area contributed by atoms with Crippen molar-refractivity contribution in [1.29, 1.82) is 0 Å². The molecule has 0 aliphatic heterocycles. The standard InChI is InChI=1S/C19H15ClF3N5O/c20-17-15(27(14-5-6-14)11-13-3-1-2-8-24-13)10-26-28(18(17)29)16-7-4-12(9-25-16)19(21,22)23/h1-4,7-10,14H,5-6,11H2. The molecule has 1 aliphatic rings. The number of pyridine rings is 2. The van der Waals surface area contributed by atoms with E-state index in [0.717, 1.165) is 35.4 Å². The highest BCUT2D eigenvalue weighted by molar-refractivity contribution is 6.33. The predicted molar refractivity (Wildman–Crippen MR) is 101 cm³/mol. The predicted octanol–water partition coefficient (Wildman–Crippen LogP) is 3.86. The minimum Gasteiger partial charge on any atom is -0.360 e. The van der Waals surface area contributed by atoms with Gasteiger partial charge in [0.1, 0.15) is 5.02 Å². The number of rotatable bonds is 5. The molecule has 1 fully saturated rings. The van der Waals surface area contributed by atoms with Gasteiger partial charge in [-0.3, -0.25) is 9.78 Å². The topological polar surface area (TPSA) is 63.9 Å². The number of hydrogen-bond acceptors (Lipinski definition) is 5. The molecule has 4 rings (SSSR count). The Kier molecular flexibility index (Phi) is 4.99. The van der Waals surface area contributed by atoms with Crippen molar-refractivity contribution in [3.8, 4) is 5.82 Å². The van der Waals surface area contributed by atoms with E-state index in [1.165, 1.54) is 6.20 Å². The largest absolute Gasteiger partial charge is 0.417 e. The highest BCUT2D eigenvalue weighted by Gasteiger charge is 2.33. The molecule has 0 unspecified atom stereocenters. The Morgan fingerprint density at radius 1 is 1.14 bits per heavy atom. The summed E-state index contributed by atoms with van der Waals surface area (Å²) >= 11 is 6.34. The van der Waals surface area contributed by atoms with Crippen molar-refractivity contribution in [2.24, 2.45) is 0 Å². The Balaban J connectivity index is 1.67. The molecule has 0 aromatic carbocycles. The summed E-state index contributed by atoms with van der Waals surface area (Å²) in [4.78, 5) is 22.7. The van der Waals surface area contributed by atoms with E-state index in [9.17, 15) is 18.0 Å². The fourth-order valence-corrected chi connectivity index (χ4v) is 3.17. The molecule has 6 nitrogen and oxygen atoms in total. The number of anilines is 1. The minimum atomic E-state index is -4.51. The van der Waals surface area contributed by atoms with Gasteiger partial charge in [-0.25, -0.2) is 4.98 Å². The molecule has 0 bridgehead atoms. The minimum absolute atomic E-state index is 0.0425. The lowest BCUT2D eigenvalue weighted by atomic mass is 10.2. The first-order valence-electron chi connectivity index (χ1n) is 8.82. The molecule has 0 spiro atoms. The summed E-state index contributed by atoms with van der Waals surface area (Å²) in [6.07, 6.45) is 1.20. The maximum Gasteiger partial charge on any atom is 0.417 e. The molecule has 0 N–H and O–H groups in total. The summed E-state index contributed by atoms with van der Waals surface area (Å²) in [5.41, 5.74) is -0.271. The van der Waals surface area contributed by atoms with Gasteiger partial charge < -0.3 is 4.90 Å². The van der Waals surface area contributed by atoms with Gasteiger partial charge in [-0.05, 0) is 37.1 Å². The molecule has 0 atom stereocenters. The fourth-order valence-electron chi connectivity index (χ4n) is 2.93. The first-order chi connectivity index (χ1) is 13.8. The molecule has 3 aromatic rings. The van der Waals surface area contributed by atoms with Crippen LogP contribution in [-0.2, 0) is 12.7 Å². The second-order valence-electron chi connectivity index (χ2n) is 6.64. The second-order valence-corrected chi connectivity index (χ2v) is 7.02. The second kappa shape index (κ2) is 7.47. The van der Waals surface area contributed by atoms with Crippen LogP contribution in [0.1, 0.15) is 24.1 Å². The Labute approximate surface area is 168 Å². The van der Waals surface area contributed by atoms with Crippen molar-refractivity contribution < 1.29 is 13.2 Å². The smallest absolute Gasteiger partial charge is 0.360 e. The lowest BCUT2D eigenvalue weighted by Gasteiger charge is -2.25. The normalized spacial score (nSPS) is 14.1. The van der Waals surface area contributed by atoms with Crippen molar-refractivity contribution in [3.63, 3.8) is 0 Å². The number of aromatic nitrogens is 4. The van der Waals surface area contributed by atoms with Gasteiger partial charge in [-0.2, -0.15) is 23.0 Å². The number of hydrogen-bond donors (Lipinski definition) is 0. The molecule has 1 saturated carbocycles. The number of halogens is 4. The van der Waals surface area contributed by atoms with Crippen LogP contribution in [0.15, 0.2) is 53.7 Å². The molecule has 10 heteroatoms. The van der Waals surface area contributed by atoms with Crippen LogP contribution in [0.25, 0.3) is 5.82 Å². The van der Waals surface area contributed by atoms with Gasteiger partial charge in [-0.15, -0.1) is 0 Å². The van der Waals surface area contributed by atoms with Crippen LogP contribution in [0.5, 0.6) is 0 Å². The fraction of sp³-hybridized carbons (Fsp3) is 0.263. The molecular formula is C19H15ClF3N5O. The molecule has 0 saturated heterocycles. The zero-order chi connectivity index (χ0) is 20.6. The van der Waals surface area contributed by atoms with Gasteiger partial charge in [0.25, 0.3) is 5.56 Å². The summed E-state index contributed by atoms with van der Waals surface area (Å²) in [7, 11) is 0. The maximum absolute atomic E-state index is 12.7. The summed E-state index contributed by atoms with van der Waals surface area (Å²) in [5.74, 6) is -0.0425. The van der Waals surface area contributed by atoms with E-state index in [0.29, 0.717) is 18.4 Å². The lowest BCUT2D eigenvalue weighted by molar-refractivity contribution is -0.137. The van der Waals surface area contributed by atoms with Gasteiger partial charge in [0.2, 0.25) is 0 Å². The Bertz CT molecular complexity index is 1070. The maximum atomic E-state index is 12.7. The molecule has 0 amide bonds. The third-order valence-corrected chi connectivity index (χ3v) is 4.90. The van der Waals surface area contributed by atoms with Crippen LogP contribution in [-0.4, -0.2) is 25.8 Å². The highest BCUT2D eigenvalue weighted by atomic mass is 35.5. The van der Waals surface area contributed by atoms with Crippen molar-refractivity contribution in [2.45, 2.75) is 31.6 Å². The van der Waals surface area contributed by atoms with E-state index < -0.39 is 17.3 Å². The highest BCUT2D eigenvalue weighted by Crippen LogP contribution is 2.35. The molecule has 0 radical (unpaired) electrons. The van der Waals surface area contributed by atoms with Crippen LogP contribution < -0.4 is 10.5 Å². The summed E-state index contributed by atoms with van der Waals surface area (Å²) in [6, 6.07) is 7.73. The third-order valence-electron chi connectivity index (χ3n) is 4.55. The quantitative estimate of drug-likeness (QED) is 0.626. The van der Waals surface area contributed by atoms with E-state index in [1.54, 1.807) is 6.20 Å². The van der Waals surface area contributed by atoms with Gasteiger partial charge >= 0.3 is 6.18 Å². The van der Waals surface area contributed by atoms with Gasteiger partial charge in [0.05, 0.1) is 29.7 Å². The van der Waals surface area contributed by atoms with E-state index in [-0.39, 0.29) is 16.9 Å². The lowest BCUT2D eigenvalue weighted by Crippen LogP contribution is -2.30. The molecular weight excluding hydrogens is 407 g/mol. The zero-order valence-corrected chi connectivity index (χ0v) is 15.7. The molecule has 150 valence electrons. The van der Waals surface area contributed by atoms with Crippen LogP contribution in [0.2, 0.25) is 5.02 Å². The average Bonchev–Trinajstić information content (AvgIpc) is 3.54. The summed E-state index contributed by atoms with van der Waals surface area (Å²) < 4.78 is 39.0. The molecule has 1 aliphatic carbocycles. The van der Waals surface area contributed by atoms with Crippen molar-refractivity contribution in [1.82, 2.24) is 19.7 Å². The van der Waals surface area contributed by atoms with E-state index in [4.69, 9.17) is 11.6 Å². The SMILES string of the molecule is O=c1c(Cl)c(N(Cc2ccccn2)C2CC2)cnn1-c1ccc(C(F)(F)F)cn1. The monoisotopic (exact) mass is 421 g/mol. The third kappa shape index (κ3) is 4.09. The van der Waals surface area contributed by atoms with Crippen molar-refractivity contribution >= 4 is 17.3 Å². The van der Waals surface area contributed by atoms with Crippen LogP contribution >= 0.6 is 11.6 Å². The zero-order valence-electron chi connectivity index (χ0n) is 15.0. The molecule has 3 aromatic heterocycles. The Morgan fingerprint density at radius 3 is 2.52 bits per heavy atom. The summed E-state index contributed by atoms with van der Waals surface area (Å²) in [6.45, 7) is 0.467. The average molecular weight is 422 g/mol. The first kappa shape index (κ1) is 19.4. The van der Waals surface area contributed by atoms with E-state index in [1.807, 2.05) is 23.1 Å². The van der Waals surface area contributed by atoms with Gasteiger partial charge in [0, 0.05) is 18.4 Å². The van der Waals surface area contributed by atoms with Crippen LogP contribution in [0.4, 0.5) is 18.9 Å². The summed E-state index contributed by atoms with van der Waals surface area (Å²) in [5, 5.41) is 4.02. The van der Waals surface area contributed by atoms with Gasteiger partial charge in [0.15, 0.2) is 5.82 Å². The van der Waals surface area contributed by atoms with E-state index in [2.05, 4.69) is 15.1 Å². The molecule has 29 heavy (non-hydrogen) atoms. The van der Waals surface area contributed by atoms with Crippen LogP contribution in [0.3, 0.4) is 0 Å². The van der Waals surface area contributed by atoms with Crippen LogP contribution in [0, 0.1) is 0 Å². The number of alkyl halides is 3.